The Balaban J connectivity index is 1.45. The van der Waals surface area contributed by atoms with Crippen molar-refractivity contribution in [1.29, 1.82) is 0 Å². The maximum atomic E-state index is 11.9. The number of methoxy groups -OCH3 is 1. The normalized spacial score (nSPS) is 27.8. The second-order valence-corrected chi connectivity index (χ2v) is 5.72. The number of anilines is 1. The number of urea groups is 1. The van der Waals surface area contributed by atoms with Gasteiger partial charge in [-0.3, -0.25) is 4.68 Å². The maximum Gasteiger partial charge on any atom is 0.319 e. The minimum Gasteiger partial charge on any atom is -0.383 e. The van der Waals surface area contributed by atoms with Crippen LogP contribution in [0.2, 0.25) is 0 Å². The molecule has 2 amide bonds. The first kappa shape index (κ1) is 13.4. The van der Waals surface area contributed by atoms with Gasteiger partial charge in [0.25, 0.3) is 0 Å². The summed E-state index contributed by atoms with van der Waals surface area (Å²) in [4.78, 5) is 11.9. The minimum absolute atomic E-state index is 0.115. The summed E-state index contributed by atoms with van der Waals surface area (Å²) in [5.74, 6) is 1.44. The summed E-state index contributed by atoms with van der Waals surface area (Å²) >= 11 is 0. The third-order valence-electron chi connectivity index (χ3n) is 4.37. The van der Waals surface area contributed by atoms with Crippen LogP contribution in [-0.4, -0.2) is 35.6 Å². The van der Waals surface area contributed by atoms with Crippen LogP contribution in [0, 0.1) is 11.8 Å². The minimum atomic E-state index is -0.115. The zero-order chi connectivity index (χ0) is 13.9. The maximum absolute atomic E-state index is 11.9. The van der Waals surface area contributed by atoms with E-state index in [2.05, 4.69) is 15.7 Å². The fraction of sp³-hybridized carbons (Fsp3) is 0.714. The molecule has 2 N–H and O–H groups in total. The van der Waals surface area contributed by atoms with Crippen LogP contribution in [0.5, 0.6) is 0 Å². The Morgan fingerprint density at radius 1 is 1.45 bits per heavy atom. The summed E-state index contributed by atoms with van der Waals surface area (Å²) in [5, 5.41) is 10.1. The van der Waals surface area contributed by atoms with Crippen LogP contribution in [-0.2, 0) is 11.3 Å². The first-order valence-electron chi connectivity index (χ1n) is 7.37. The van der Waals surface area contributed by atoms with Gasteiger partial charge in [-0.05, 0) is 24.7 Å². The first-order chi connectivity index (χ1) is 9.78. The van der Waals surface area contributed by atoms with E-state index in [4.69, 9.17) is 4.74 Å². The molecule has 0 radical (unpaired) electrons. The standard InChI is InChI=1S/C14H22N4O2/c1-20-7-6-18-9-10(8-15-18)16-14(19)17-13-11-4-2-3-5-12(11)13/h8-9,11-13H,2-7H2,1H3,(H2,16,17,19)/t11-,12+,13?. The number of aromatic nitrogens is 2. The van der Waals surface area contributed by atoms with Gasteiger partial charge >= 0.3 is 6.03 Å². The van der Waals surface area contributed by atoms with E-state index in [9.17, 15) is 4.79 Å². The average molecular weight is 278 g/mol. The molecule has 1 aromatic heterocycles. The molecule has 0 spiro atoms. The fourth-order valence-corrected chi connectivity index (χ4v) is 3.26. The molecule has 2 aliphatic carbocycles. The van der Waals surface area contributed by atoms with Gasteiger partial charge in [0.2, 0.25) is 0 Å². The van der Waals surface area contributed by atoms with Gasteiger partial charge < -0.3 is 15.4 Å². The zero-order valence-corrected chi connectivity index (χ0v) is 11.8. The van der Waals surface area contributed by atoms with Crippen molar-refractivity contribution in [3.05, 3.63) is 12.4 Å². The Labute approximate surface area is 118 Å². The number of nitrogens with zero attached hydrogens (tertiary/aromatic N) is 2. The van der Waals surface area contributed by atoms with Crippen molar-refractivity contribution in [2.75, 3.05) is 19.0 Å². The molecule has 2 saturated carbocycles. The van der Waals surface area contributed by atoms with Gasteiger partial charge in [0.1, 0.15) is 0 Å². The summed E-state index contributed by atoms with van der Waals surface area (Å²) in [7, 11) is 1.66. The number of carbonyl (C=O) groups is 1. The lowest BCUT2D eigenvalue weighted by atomic mass is 10.0. The molecular formula is C14H22N4O2. The van der Waals surface area contributed by atoms with E-state index >= 15 is 0 Å². The predicted octanol–water partition coefficient (Wildman–Crippen LogP) is 1.84. The third-order valence-corrected chi connectivity index (χ3v) is 4.37. The van der Waals surface area contributed by atoms with Crippen LogP contribution in [0.4, 0.5) is 10.5 Å². The largest absolute Gasteiger partial charge is 0.383 e. The summed E-state index contributed by atoms with van der Waals surface area (Å²) in [5.41, 5.74) is 0.724. The third kappa shape index (κ3) is 2.95. The summed E-state index contributed by atoms with van der Waals surface area (Å²) in [6, 6.07) is 0.275. The highest BCUT2D eigenvalue weighted by molar-refractivity contribution is 5.89. The van der Waals surface area contributed by atoms with Crippen LogP contribution >= 0.6 is 0 Å². The quantitative estimate of drug-likeness (QED) is 0.863. The lowest BCUT2D eigenvalue weighted by molar-refractivity contribution is 0.183. The molecule has 1 unspecified atom stereocenters. The molecule has 110 valence electrons. The molecule has 1 heterocycles. The highest BCUT2D eigenvalue weighted by Gasteiger charge is 2.51. The van der Waals surface area contributed by atoms with Crippen LogP contribution in [0.3, 0.4) is 0 Å². The second-order valence-electron chi connectivity index (χ2n) is 5.72. The van der Waals surface area contributed by atoms with E-state index in [1.54, 1.807) is 18.0 Å². The average Bonchev–Trinajstić information content (AvgIpc) is 2.95. The molecule has 20 heavy (non-hydrogen) atoms. The molecule has 2 fully saturated rings. The summed E-state index contributed by atoms with van der Waals surface area (Å²) in [6.45, 7) is 1.30. The first-order valence-corrected chi connectivity index (χ1v) is 7.37. The smallest absolute Gasteiger partial charge is 0.319 e. The number of hydrogen-bond acceptors (Lipinski definition) is 3. The molecule has 2 aliphatic rings. The molecular weight excluding hydrogens is 256 g/mol. The van der Waals surface area contributed by atoms with E-state index < -0.39 is 0 Å². The fourth-order valence-electron chi connectivity index (χ4n) is 3.26. The Morgan fingerprint density at radius 3 is 2.90 bits per heavy atom. The number of carbonyl (C=O) groups excluding carboxylic acids is 1. The molecule has 6 heteroatoms. The molecule has 0 bridgehead atoms. The van der Waals surface area contributed by atoms with E-state index in [0.717, 1.165) is 17.5 Å². The van der Waals surface area contributed by atoms with E-state index in [0.29, 0.717) is 19.2 Å². The van der Waals surface area contributed by atoms with Crippen molar-refractivity contribution in [1.82, 2.24) is 15.1 Å². The Hall–Kier alpha value is -1.56. The van der Waals surface area contributed by atoms with Crippen molar-refractivity contribution in [2.45, 2.75) is 38.3 Å². The monoisotopic (exact) mass is 278 g/mol. The Bertz CT molecular complexity index is 461. The number of hydrogen-bond donors (Lipinski definition) is 2. The highest BCUT2D eigenvalue weighted by atomic mass is 16.5. The lowest BCUT2D eigenvalue weighted by Crippen LogP contribution is -2.32. The summed E-state index contributed by atoms with van der Waals surface area (Å²) < 4.78 is 6.75. The molecule has 0 saturated heterocycles. The Kier molecular flexibility index (Phi) is 3.91. The van der Waals surface area contributed by atoms with Crippen molar-refractivity contribution in [2.24, 2.45) is 11.8 Å². The number of nitrogens with one attached hydrogen (secondary N) is 2. The van der Waals surface area contributed by atoms with E-state index in [-0.39, 0.29) is 6.03 Å². The van der Waals surface area contributed by atoms with Crippen molar-refractivity contribution >= 4 is 11.7 Å². The van der Waals surface area contributed by atoms with Crippen LogP contribution in [0.25, 0.3) is 0 Å². The van der Waals surface area contributed by atoms with Gasteiger partial charge in [-0.2, -0.15) is 5.10 Å². The van der Waals surface area contributed by atoms with Gasteiger partial charge in [-0.15, -0.1) is 0 Å². The SMILES string of the molecule is COCCn1cc(NC(=O)NC2[C@H]3CCCC[C@@H]23)cn1. The number of fused-ring (bicyclic) bond motifs is 1. The van der Waals surface area contributed by atoms with Gasteiger partial charge in [0, 0.05) is 19.3 Å². The van der Waals surface area contributed by atoms with Crippen molar-refractivity contribution in [3.8, 4) is 0 Å². The number of amides is 2. The molecule has 0 aromatic carbocycles. The topological polar surface area (TPSA) is 68.2 Å². The van der Waals surface area contributed by atoms with Crippen molar-refractivity contribution in [3.63, 3.8) is 0 Å². The van der Waals surface area contributed by atoms with Crippen molar-refractivity contribution < 1.29 is 9.53 Å². The number of ether oxygens (including phenoxy) is 1. The highest BCUT2D eigenvalue weighted by Crippen LogP contribution is 2.49. The zero-order valence-electron chi connectivity index (χ0n) is 11.8. The van der Waals surface area contributed by atoms with Gasteiger partial charge in [0.15, 0.2) is 0 Å². The van der Waals surface area contributed by atoms with Gasteiger partial charge in [-0.25, -0.2) is 4.79 Å². The molecule has 0 aliphatic heterocycles. The van der Waals surface area contributed by atoms with E-state index in [1.165, 1.54) is 25.7 Å². The second kappa shape index (κ2) is 5.83. The van der Waals surface area contributed by atoms with E-state index in [1.807, 2.05) is 6.20 Å². The lowest BCUT2D eigenvalue weighted by Gasteiger charge is -2.05. The van der Waals surface area contributed by atoms with Crippen LogP contribution in [0.1, 0.15) is 25.7 Å². The van der Waals surface area contributed by atoms with Crippen LogP contribution < -0.4 is 10.6 Å². The Morgan fingerprint density at radius 2 is 2.20 bits per heavy atom. The van der Waals surface area contributed by atoms with Crippen LogP contribution in [0.15, 0.2) is 12.4 Å². The number of rotatable bonds is 5. The molecule has 1 aromatic rings. The summed E-state index contributed by atoms with van der Waals surface area (Å²) in [6.07, 6.45) is 8.64. The van der Waals surface area contributed by atoms with Gasteiger partial charge in [0.05, 0.1) is 25.0 Å². The molecule has 3 rings (SSSR count). The predicted molar refractivity (Wildman–Crippen MR) is 75.5 cm³/mol. The molecule has 6 nitrogen and oxygen atoms in total. The van der Waals surface area contributed by atoms with Gasteiger partial charge in [-0.1, -0.05) is 12.8 Å². The molecule has 3 atom stereocenters.